The molecule has 0 spiro atoms. The van der Waals surface area contributed by atoms with Crippen LogP contribution in [0, 0.1) is 13.8 Å². The molecule has 5 nitrogen and oxygen atoms in total. The summed E-state index contributed by atoms with van der Waals surface area (Å²) in [5, 5.41) is 0. The van der Waals surface area contributed by atoms with E-state index in [0.29, 0.717) is 17.5 Å². The summed E-state index contributed by atoms with van der Waals surface area (Å²) in [7, 11) is 0. The van der Waals surface area contributed by atoms with E-state index in [0.717, 1.165) is 24.2 Å². The summed E-state index contributed by atoms with van der Waals surface area (Å²) in [6, 6.07) is 8.06. The van der Waals surface area contributed by atoms with Gasteiger partial charge < -0.3 is 10.2 Å². The van der Waals surface area contributed by atoms with Gasteiger partial charge in [0, 0.05) is 0 Å². The van der Waals surface area contributed by atoms with Crippen molar-refractivity contribution in [1.29, 1.82) is 0 Å². The molecule has 1 aromatic heterocycles. The Morgan fingerprint density at radius 3 is 2.45 bits per heavy atom. The Bertz CT molecular complexity index is 581. The highest BCUT2D eigenvalue weighted by Gasteiger charge is 2.10. The van der Waals surface area contributed by atoms with Crippen LogP contribution in [0.25, 0.3) is 0 Å². The summed E-state index contributed by atoms with van der Waals surface area (Å²) in [6.45, 7) is 5.84. The van der Waals surface area contributed by atoms with E-state index in [9.17, 15) is 0 Å². The molecule has 0 bridgehead atoms. The van der Waals surface area contributed by atoms with Gasteiger partial charge in [-0.3, -0.25) is 0 Å². The Morgan fingerprint density at radius 1 is 1.15 bits per heavy atom. The van der Waals surface area contributed by atoms with Gasteiger partial charge in [0.2, 0.25) is 5.88 Å². The van der Waals surface area contributed by atoms with Gasteiger partial charge in [0.15, 0.2) is 0 Å². The van der Waals surface area contributed by atoms with Crippen LogP contribution in [0.5, 0.6) is 11.6 Å². The predicted molar refractivity (Wildman–Crippen MR) is 79.8 cm³/mol. The van der Waals surface area contributed by atoms with E-state index in [2.05, 4.69) is 34.5 Å². The topological polar surface area (TPSA) is 73.1 Å². The Kier molecular flexibility index (Phi) is 4.53. The van der Waals surface area contributed by atoms with Crippen LogP contribution in [0.4, 0.5) is 5.82 Å². The lowest BCUT2D eigenvalue weighted by Crippen LogP contribution is -2.12. The van der Waals surface area contributed by atoms with Crippen LogP contribution >= 0.6 is 0 Å². The maximum atomic E-state index is 5.82. The molecule has 20 heavy (non-hydrogen) atoms. The van der Waals surface area contributed by atoms with E-state index in [1.54, 1.807) is 6.92 Å². The van der Waals surface area contributed by atoms with Gasteiger partial charge in [-0.2, -0.15) is 4.98 Å². The highest BCUT2D eigenvalue weighted by molar-refractivity contribution is 5.48. The van der Waals surface area contributed by atoms with Crippen LogP contribution in [0.3, 0.4) is 0 Å². The van der Waals surface area contributed by atoms with Crippen molar-refractivity contribution in [3.63, 3.8) is 0 Å². The van der Waals surface area contributed by atoms with E-state index >= 15 is 0 Å². The lowest BCUT2D eigenvalue weighted by atomic mass is 10.1. The number of anilines is 1. The summed E-state index contributed by atoms with van der Waals surface area (Å²) in [4.78, 5) is 8.51. The number of nitrogen functional groups attached to an aromatic ring is 1. The molecule has 0 aliphatic heterocycles. The summed E-state index contributed by atoms with van der Waals surface area (Å²) >= 11 is 0. The van der Waals surface area contributed by atoms with E-state index in [-0.39, 0.29) is 0 Å². The van der Waals surface area contributed by atoms with Crippen LogP contribution < -0.4 is 16.0 Å². The van der Waals surface area contributed by atoms with Crippen LogP contribution in [0.15, 0.2) is 24.3 Å². The predicted octanol–water partition coefficient (Wildman–Crippen LogP) is 3.12. The van der Waals surface area contributed by atoms with Crippen molar-refractivity contribution in [3.05, 3.63) is 41.2 Å². The summed E-state index contributed by atoms with van der Waals surface area (Å²) in [6.07, 6.45) is 2.21. The van der Waals surface area contributed by atoms with E-state index in [4.69, 9.17) is 10.6 Å². The number of nitrogens with zero attached hydrogens (tertiary/aromatic N) is 2. The lowest BCUT2D eigenvalue weighted by molar-refractivity contribution is 0.456. The second-order valence-electron chi connectivity index (χ2n) is 4.69. The standard InChI is InChI=1S/C15H20N4O/c1-4-5-12-6-8-13(9-7-12)20-15-10(2)14(19-16)17-11(3)18-15/h6-9H,4-5,16H2,1-3H3,(H,17,18,19). The number of aromatic nitrogens is 2. The normalized spacial score (nSPS) is 10.4. The van der Waals surface area contributed by atoms with Crippen molar-refractivity contribution in [3.8, 4) is 11.6 Å². The van der Waals surface area contributed by atoms with Gasteiger partial charge in [0.1, 0.15) is 17.4 Å². The Hall–Kier alpha value is -2.14. The number of hydrogen-bond donors (Lipinski definition) is 2. The first-order chi connectivity index (χ1) is 9.63. The van der Waals surface area contributed by atoms with Gasteiger partial charge in [-0.05, 0) is 38.0 Å². The zero-order valence-electron chi connectivity index (χ0n) is 12.1. The average molecular weight is 272 g/mol. The molecule has 0 aliphatic carbocycles. The molecule has 0 amide bonds. The second kappa shape index (κ2) is 6.34. The molecule has 2 aromatic rings. The van der Waals surface area contributed by atoms with Gasteiger partial charge in [0.05, 0.1) is 5.56 Å². The largest absolute Gasteiger partial charge is 0.439 e. The van der Waals surface area contributed by atoms with Crippen molar-refractivity contribution in [2.75, 3.05) is 5.43 Å². The van der Waals surface area contributed by atoms with Gasteiger partial charge in [0.25, 0.3) is 0 Å². The Morgan fingerprint density at radius 2 is 1.85 bits per heavy atom. The third kappa shape index (κ3) is 3.24. The van der Waals surface area contributed by atoms with E-state index < -0.39 is 0 Å². The summed E-state index contributed by atoms with van der Waals surface area (Å²) in [5.41, 5.74) is 4.65. The maximum Gasteiger partial charge on any atom is 0.227 e. The minimum Gasteiger partial charge on any atom is -0.439 e. The van der Waals surface area contributed by atoms with Crippen LogP contribution in [0.1, 0.15) is 30.3 Å². The Balaban J connectivity index is 2.23. The monoisotopic (exact) mass is 272 g/mol. The molecule has 0 saturated carbocycles. The molecule has 0 atom stereocenters. The molecular formula is C15H20N4O. The van der Waals surface area contributed by atoms with Crippen LogP contribution in [0.2, 0.25) is 0 Å². The third-order valence-corrected chi connectivity index (χ3v) is 3.03. The molecule has 106 valence electrons. The quantitative estimate of drug-likeness (QED) is 0.646. The second-order valence-corrected chi connectivity index (χ2v) is 4.69. The van der Waals surface area contributed by atoms with Crippen molar-refractivity contribution in [2.24, 2.45) is 5.84 Å². The number of nitrogens with two attached hydrogens (primary N) is 1. The summed E-state index contributed by atoms with van der Waals surface area (Å²) < 4.78 is 5.82. The highest BCUT2D eigenvalue weighted by atomic mass is 16.5. The minimum absolute atomic E-state index is 0.522. The number of aryl methyl sites for hydroxylation is 2. The SMILES string of the molecule is CCCc1ccc(Oc2nc(C)nc(NN)c2C)cc1. The first-order valence-electron chi connectivity index (χ1n) is 6.72. The highest BCUT2D eigenvalue weighted by Crippen LogP contribution is 2.26. The van der Waals surface area contributed by atoms with Gasteiger partial charge in [-0.1, -0.05) is 25.5 Å². The number of nitrogens with one attached hydrogen (secondary N) is 1. The van der Waals surface area contributed by atoms with Crippen molar-refractivity contribution in [2.45, 2.75) is 33.6 Å². The minimum atomic E-state index is 0.522. The number of hydrogen-bond acceptors (Lipinski definition) is 5. The molecule has 1 heterocycles. The van der Waals surface area contributed by atoms with Gasteiger partial charge >= 0.3 is 0 Å². The summed E-state index contributed by atoms with van der Waals surface area (Å²) in [5.74, 6) is 7.91. The van der Waals surface area contributed by atoms with Gasteiger partial charge in [-0.15, -0.1) is 0 Å². The molecule has 0 aliphatic rings. The molecular weight excluding hydrogens is 252 g/mol. The van der Waals surface area contributed by atoms with E-state index in [1.807, 2.05) is 19.1 Å². The Labute approximate surface area is 119 Å². The van der Waals surface area contributed by atoms with Crippen molar-refractivity contribution < 1.29 is 4.74 Å². The fourth-order valence-corrected chi connectivity index (χ4v) is 1.97. The molecule has 0 unspecified atom stereocenters. The maximum absolute atomic E-state index is 5.82. The first-order valence-corrected chi connectivity index (χ1v) is 6.72. The lowest BCUT2D eigenvalue weighted by Gasteiger charge is -2.11. The smallest absolute Gasteiger partial charge is 0.227 e. The zero-order valence-corrected chi connectivity index (χ0v) is 12.1. The molecule has 1 aromatic carbocycles. The molecule has 0 saturated heterocycles. The molecule has 0 radical (unpaired) electrons. The number of benzene rings is 1. The number of hydrazine groups is 1. The molecule has 2 rings (SSSR count). The number of ether oxygens (including phenoxy) is 1. The van der Waals surface area contributed by atoms with Crippen LogP contribution in [-0.2, 0) is 6.42 Å². The zero-order chi connectivity index (χ0) is 14.5. The number of rotatable bonds is 5. The van der Waals surface area contributed by atoms with Crippen molar-refractivity contribution >= 4 is 5.82 Å². The van der Waals surface area contributed by atoms with E-state index in [1.165, 1.54) is 5.56 Å². The first kappa shape index (κ1) is 14.3. The molecule has 3 N–H and O–H groups in total. The fraction of sp³-hybridized carbons (Fsp3) is 0.333. The molecule has 0 fully saturated rings. The van der Waals surface area contributed by atoms with Crippen molar-refractivity contribution in [1.82, 2.24) is 9.97 Å². The fourth-order valence-electron chi connectivity index (χ4n) is 1.97. The molecule has 5 heteroatoms. The van der Waals surface area contributed by atoms with Gasteiger partial charge in [-0.25, -0.2) is 10.8 Å². The third-order valence-electron chi connectivity index (χ3n) is 3.03. The van der Waals surface area contributed by atoms with Crippen LogP contribution in [-0.4, -0.2) is 9.97 Å². The average Bonchev–Trinajstić information content (AvgIpc) is 2.45.